The summed E-state index contributed by atoms with van der Waals surface area (Å²) in [6, 6.07) is 3.93. The van der Waals surface area contributed by atoms with E-state index in [1.807, 2.05) is 12.1 Å². The number of pyridine rings is 1. The summed E-state index contributed by atoms with van der Waals surface area (Å²) in [5.74, 6) is 1.26. The first-order chi connectivity index (χ1) is 9.76. The molecule has 20 heavy (non-hydrogen) atoms. The van der Waals surface area contributed by atoms with Crippen molar-refractivity contribution in [2.45, 2.75) is 38.1 Å². The molecule has 1 saturated carbocycles. The van der Waals surface area contributed by atoms with Crippen molar-refractivity contribution < 1.29 is 0 Å². The Morgan fingerprint density at radius 3 is 2.90 bits per heavy atom. The zero-order valence-electron chi connectivity index (χ0n) is 11.4. The van der Waals surface area contributed by atoms with Crippen molar-refractivity contribution in [3.05, 3.63) is 23.4 Å². The lowest BCUT2D eigenvalue weighted by molar-refractivity contribution is 0.320. The Labute approximate surface area is 123 Å². The normalized spacial score (nSPS) is 18.3. The Bertz CT molecular complexity index is 576. The van der Waals surface area contributed by atoms with Gasteiger partial charge < -0.3 is 11.1 Å². The van der Waals surface area contributed by atoms with Crippen LogP contribution in [0.15, 0.2) is 18.3 Å². The summed E-state index contributed by atoms with van der Waals surface area (Å²) in [6.07, 6.45) is 8.20. The van der Waals surface area contributed by atoms with Gasteiger partial charge in [-0.2, -0.15) is 4.98 Å². The van der Waals surface area contributed by atoms with Crippen molar-refractivity contribution in [3.8, 4) is 0 Å². The molecule has 1 aliphatic carbocycles. The zero-order valence-corrected chi connectivity index (χ0v) is 12.2. The van der Waals surface area contributed by atoms with Crippen LogP contribution in [-0.4, -0.2) is 27.2 Å². The molecule has 3 rings (SSSR count). The van der Waals surface area contributed by atoms with E-state index in [-0.39, 0.29) is 6.04 Å². The number of rotatable bonds is 4. The number of nitrogens with zero attached hydrogens (tertiary/aromatic N) is 3. The Balaban J connectivity index is 1.76. The van der Waals surface area contributed by atoms with Gasteiger partial charge in [-0.3, -0.25) is 0 Å². The molecule has 0 aromatic carbocycles. The van der Waals surface area contributed by atoms with Crippen molar-refractivity contribution in [2.24, 2.45) is 11.7 Å². The molecular formula is C14H20ClN5. The Morgan fingerprint density at radius 2 is 2.15 bits per heavy atom. The van der Waals surface area contributed by atoms with E-state index in [1.165, 1.54) is 32.1 Å². The highest BCUT2D eigenvalue weighted by Crippen LogP contribution is 2.27. The maximum atomic E-state index is 5.95. The van der Waals surface area contributed by atoms with Crippen molar-refractivity contribution in [1.82, 2.24) is 14.6 Å². The molecule has 108 valence electrons. The van der Waals surface area contributed by atoms with E-state index in [1.54, 1.807) is 10.7 Å². The monoisotopic (exact) mass is 293 g/mol. The summed E-state index contributed by atoms with van der Waals surface area (Å²) >= 11 is 5.95. The van der Waals surface area contributed by atoms with Gasteiger partial charge in [0, 0.05) is 18.8 Å². The van der Waals surface area contributed by atoms with E-state index in [2.05, 4.69) is 15.4 Å². The van der Waals surface area contributed by atoms with Gasteiger partial charge in [0.15, 0.2) is 5.65 Å². The summed E-state index contributed by atoms with van der Waals surface area (Å²) in [5, 5.41) is 8.46. The lowest BCUT2D eigenvalue weighted by atomic mass is 9.84. The van der Waals surface area contributed by atoms with Gasteiger partial charge in [-0.05, 0) is 30.9 Å². The minimum absolute atomic E-state index is 0.253. The van der Waals surface area contributed by atoms with E-state index >= 15 is 0 Å². The van der Waals surface area contributed by atoms with Crippen LogP contribution in [0.2, 0.25) is 5.02 Å². The number of aromatic nitrogens is 3. The van der Waals surface area contributed by atoms with Crippen LogP contribution in [0.3, 0.4) is 0 Å². The first kappa shape index (κ1) is 13.6. The smallest absolute Gasteiger partial charge is 0.243 e. The van der Waals surface area contributed by atoms with Crippen molar-refractivity contribution in [1.29, 1.82) is 0 Å². The van der Waals surface area contributed by atoms with Crippen molar-refractivity contribution in [2.75, 3.05) is 11.9 Å². The summed E-state index contributed by atoms with van der Waals surface area (Å²) in [7, 11) is 0. The fourth-order valence-electron chi connectivity index (χ4n) is 2.99. The third-order valence-corrected chi connectivity index (χ3v) is 4.31. The van der Waals surface area contributed by atoms with Gasteiger partial charge in [0.2, 0.25) is 5.95 Å². The van der Waals surface area contributed by atoms with Crippen LogP contribution in [0.1, 0.15) is 32.1 Å². The standard InChI is InChI=1S/C14H20ClN5/c15-11-6-7-13-18-14(19-20(13)9-11)17-12(8-16)10-4-2-1-3-5-10/h6-7,9-10,12H,1-5,8,16H2,(H,17,19). The highest BCUT2D eigenvalue weighted by atomic mass is 35.5. The second-order valence-corrected chi connectivity index (χ2v) is 5.91. The zero-order chi connectivity index (χ0) is 13.9. The number of hydrogen-bond donors (Lipinski definition) is 2. The van der Waals surface area contributed by atoms with Gasteiger partial charge in [-0.15, -0.1) is 5.10 Å². The van der Waals surface area contributed by atoms with E-state index in [0.717, 1.165) is 5.65 Å². The van der Waals surface area contributed by atoms with Crippen molar-refractivity contribution in [3.63, 3.8) is 0 Å². The molecule has 1 atom stereocenters. The number of anilines is 1. The van der Waals surface area contributed by atoms with Crippen LogP contribution in [0.4, 0.5) is 5.95 Å². The minimum atomic E-state index is 0.253. The van der Waals surface area contributed by atoms with Crippen LogP contribution in [0.25, 0.3) is 5.65 Å². The SMILES string of the molecule is NCC(Nc1nc2ccc(Cl)cn2n1)C1CCCCC1. The van der Waals surface area contributed by atoms with Gasteiger partial charge in [-0.25, -0.2) is 4.52 Å². The maximum absolute atomic E-state index is 5.95. The summed E-state index contributed by atoms with van der Waals surface area (Å²) in [4.78, 5) is 4.46. The Kier molecular flexibility index (Phi) is 4.08. The van der Waals surface area contributed by atoms with Gasteiger partial charge in [0.1, 0.15) is 0 Å². The molecule has 1 fully saturated rings. The van der Waals surface area contributed by atoms with E-state index in [9.17, 15) is 0 Å². The molecule has 3 N–H and O–H groups in total. The van der Waals surface area contributed by atoms with E-state index in [0.29, 0.717) is 23.4 Å². The number of hydrogen-bond acceptors (Lipinski definition) is 4. The quantitative estimate of drug-likeness (QED) is 0.909. The fourth-order valence-corrected chi connectivity index (χ4v) is 3.15. The highest BCUT2D eigenvalue weighted by Gasteiger charge is 2.23. The van der Waals surface area contributed by atoms with Gasteiger partial charge in [0.25, 0.3) is 0 Å². The molecule has 0 saturated heterocycles. The molecule has 0 bridgehead atoms. The van der Waals surface area contributed by atoms with Crippen LogP contribution in [0, 0.1) is 5.92 Å². The van der Waals surface area contributed by atoms with Crippen LogP contribution < -0.4 is 11.1 Å². The molecule has 0 aliphatic heterocycles. The molecule has 0 amide bonds. The number of fused-ring (bicyclic) bond motifs is 1. The number of nitrogens with one attached hydrogen (secondary N) is 1. The third-order valence-electron chi connectivity index (χ3n) is 4.08. The van der Waals surface area contributed by atoms with E-state index < -0.39 is 0 Å². The molecule has 2 heterocycles. The van der Waals surface area contributed by atoms with Gasteiger partial charge in [0.05, 0.1) is 5.02 Å². The van der Waals surface area contributed by atoms with Crippen LogP contribution in [-0.2, 0) is 0 Å². The molecule has 0 radical (unpaired) electrons. The Morgan fingerprint density at radius 1 is 1.35 bits per heavy atom. The molecule has 1 aliphatic rings. The number of nitrogens with two attached hydrogens (primary N) is 1. The summed E-state index contributed by atoms with van der Waals surface area (Å²) in [6.45, 7) is 0.612. The summed E-state index contributed by atoms with van der Waals surface area (Å²) < 4.78 is 1.69. The molecule has 5 nitrogen and oxygen atoms in total. The summed E-state index contributed by atoms with van der Waals surface area (Å²) in [5.41, 5.74) is 6.71. The van der Waals surface area contributed by atoms with Crippen molar-refractivity contribution >= 4 is 23.2 Å². The lowest BCUT2D eigenvalue weighted by Gasteiger charge is -2.29. The second-order valence-electron chi connectivity index (χ2n) is 5.47. The predicted octanol–water partition coefficient (Wildman–Crippen LogP) is 2.70. The van der Waals surface area contributed by atoms with Crippen LogP contribution in [0.5, 0.6) is 0 Å². The fraction of sp³-hybridized carbons (Fsp3) is 0.571. The third kappa shape index (κ3) is 2.88. The maximum Gasteiger partial charge on any atom is 0.243 e. The first-order valence-electron chi connectivity index (χ1n) is 7.25. The van der Waals surface area contributed by atoms with Gasteiger partial charge in [-0.1, -0.05) is 30.9 Å². The van der Waals surface area contributed by atoms with Crippen LogP contribution >= 0.6 is 11.6 Å². The average Bonchev–Trinajstić information content (AvgIpc) is 2.87. The molecule has 2 aromatic rings. The number of halogens is 1. The molecular weight excluding hydrogens is 274 g/mol. The highest BCUT2D eigenvalue weighted by molar-refractivity contribution is 6.30. The van der Waals surface area contributed by atoms with E-state index in [4.69, 9.17) is 17.3 Å². The topological polar surface area (TPSA) is 68.2 Å². The predicted molar refractivity (Wildman–Crippen MR) is 81.0 cm³/mol. The molecule has 1 unspecified atom stereocenters. The van der Waals surface area contributed by atoms with Gasteiger partial charge >= 0.3 is 0 Å². The molecule has 2 aromatic heterocycles. The molecule has 6 heteroatoms. The largest absolute Gasteiger partial charge is 0.349 e. The lowest BCUT2D eigenvalue weighted by Crippen LogP contribution is -2.37. The minimum Gasteiger partial charge on any atom is -0.349 e. The second kappa shape index (κ2) is 5.97. The first-order valence-corrected chi connectivity index (χ1v) is 7.62. The Hall–Kier alpha value is -1.33. The average molecular weight is 294 g/mol. The molecule has 0 spiro atoms.